The second-order valence-corrected chi connectivity index (χ2v) is 7.20. The summed E-state index contributed by atoms with van der Waals surface area (Å²) in [6, 6.07) is -0.961. The SMILES string of the molecule is Cc1c2c(nn1C1CCOCC1)OCCC(C(F)F)Nc1nc(ncc1Cl)N2. The van der Waals surface area contributed by atoms with Crippen molar-refractivity contribution in [2.45, 2.75) is 44.7 Å². The number of alkyl halides is 2. The van der Waals surface area contributed by atoms with E-state index in [0.717, 1.165) is 18.5 Å². The molecule has 2 aromatic heterocycles. The number of hydrogen-bond acceptors (Lipinski definition) is 7. The Morgan fingerprint density at radius 1 is 1.25 bits per heavy atom. The fraction of sp³-hybridized carbons (Fsp3) is 0.588. The third-order valence-corrected chi connectivity index (χ3v) is 5.21. The van der Waals surface area contributed by atoms with Crippen LogP contribution in [-0.2, 0) is 4.74 Å². The Bertz CT molecular complexity index is 843. The molecule has 1 fully saturated rings. The number of anilines is 3. The third kappa shape index (κ3) is 3.83. The minimum Gasteiger partial charge on any atom is -0.475 e. The van der Waals surface area contributed by atoms with E-state index in [0.29, 0.717) is 24.8 Å². The van der Waals surface area contributed by atoms with Gasteiger partial charge in [0.2, 0.25) is 5.95 Å². The van der Waals surface area contributed by atoms with Crippen LogP contribution in [0.1, 0.15) is 31.0 Å². The molecule has 2 N–H and O–H groups in total. The van der Waals surface area contributed by atoms with Crippen molar-refractivity contribution in [1.82, 2.24) is 19.7 Å². The van der Waals surface area contributed by atoms with Gasteiger partial charge in [-0.25, -0.2) is 13.8 Å². The average Bonchev–Trinajstić information content (AvgIpc) is 2.98. The number of ether oxygens (including phenoxy) is 2. The fourth-order valence-corrected chi connectivity index (χ4v) is 3.53. The summed E-state index contributed by atoms with van der Waals surface area (Å²) in [5.41, 5.74) is 1.48. The lowest BCUT2D eigenvalue weighted by molar-refractivity contribution is 0.0652. The van der Waals surface area contributed by atoms with Gasteiger partial charge in [-0.1, -0.05) is 11.6 Å². The van der Waals surface area contributed by atoms with Crippen LogP contribution in [-0.4, -0.2) is 52.0 Å². The molecule has 0 radical (unpaired) electrons. The van der Waals surface area contributed by atoms with Crippen LogP contribution in [0.2, 0.25) is 5.02 Å². The van der Waals surface area contributed by atoms with E-state index in [1.807, 2.05) is 11.6 Å². The number of nitrogens with zero attached hydrogens (tertiary/aromatic N) is 4. The molecule has 8 nitrogen and oxygen atoms in total. The predicted octanol–water partition coefficient (Wildman–Crippen LogP) is 3.56. The van der Waals surface area contributed by atoms with Crippen LogP contribution in [0.3, 0.4) is 0 Å². The standard InChI is InChI=1S/C17H21ClF2N6O2/c1-9-13-16(25-26(9)10-2-5-27-6-3-10)28-7-4-12(14(19)20)22-15-11(18)8-21-17(23-13)24-15/h8,10,12,14H,2-7H2,1H3,(H2,21,22,23,24). The van der Waals surface area contributed by atoms with Crippen LogP contribution in [0.5, 0.6) is 5.88 Å². The lowest BCUT2D eigenvalue weighted by atomic mass is 10.1. The second-order valence-electron chi connectivity index (χ2n) is 6.79. The molecule has 0 saturated carbocycles. The summed E-state index contributed by atoms with van der Waals surface area (Å²) in [4.78, 5) is 8.41. The first kappa shape index (κ1) is 19.1. The molecule has 1 saturated heterocycles. The Morgan fingerprint density at radius 3 is 2.79 bits per heavy atom. The van der Waals surface area contributed by atoms with Crippen molar-refractivity contribution in [3.05, 3.63) is 16.9 Å². The first-order chi connectivity index (χ1) is 13.5. The summed E-state index contributed by atoms with van der Waals surface area (Å²) in [7, 11) is 0. The Labute approximate surface area is 165 Å². The molecule has 2 aliphatic heterocycles. The van der Waals surface area contributed by atoms with Gasteiger partial charge < -0.3 is 20.1 Å². The maximum Gasteiger partial charge on any atom is 0.258 e. The normalized spacial score (nSPS) is 20.5. The Kier molecular flexibility index (Phi) is 5.49. The van der Waals surface area contributed by atoms with E-state index in [9.17, 15) is 8.78 Å². The predicted molar refractivity (Wildman–Crippen MR) is 99.9 cm³/mol. The summed E-state index contributed by atoms with van der Waals surface area (Å²) >= 11 is 6.08. The quantitative estimate of drug-likeness (QED) is 0.777. The van der Waals surface area contributed by atoms with Gasteiger partial charge in [0.05, 0.1) is 30.6 Å². The molecule has 11 heteroatoms. The summed E-state index contributed by atoms with van der Waals surface area (Å²) in [6.07, 6.45) is 0.530. The van der Waals surface area contributed by atoms with Crippen LogP contribution in [0.15, 0.2) is 6.20 Å². The van der Waals surface area contributed by atoms with Crippen molar-refractivity contribution in [3.63, 3.8) is 0 Å². The maximum absolute atomic E-state index is 13.4. The van der Waals surface area contributed by atoms with Crippen molar-refractivity contribution < 1.29 is 18.3 Å². The van der Waals surface area contributed by atoms with Crippen molar-refractivity contribution in [2.24, 2.45) is 0 Å². The highest BCUT2D eigenvalue weighted by atomic mass is 35.5. The van der Waals surface area contributed by atoms with Gasteiger partial charge in [-0.3, -0.25) is 4.68 Å². The van der Waals surface area contributed by atoms with E-state index < -0.39 is 12.5 Å². The van der Waals surface area contributed by atoms with Gasteiger partial charge in [-0.15, -0.1) is 5.10 Å². The summed E-state index contributed by atoms with van der Waals surface area (Å²) < 4.78 is 39.9. The van der Waals surface area contributed by atoms with Gasteiger partial charge in [-0.05, 0) is 19.8 Å². The van der Waals surface area contributed by atoms with E-state index >= 15 is 0 Å². The number of halogens is 3. The molecule has 0 amide bonds. The number of fused-ring (bicyclic) bond motifs is 3. The Hall–Kier alpha value is -2.20. The molecular formula is C17H21ClF2N6O2. The minimum absolute atomic E-state index is 0.0654. The van der Waals surface area contributed by atoms with E-state index in [-0.39, 0.29) is 35.9 Å². The molecule has 28 heavy (non-hydrogen) atoms. The fourth-order valence-electron chi connectivity index (χ4n) is 3.38. The van der Waals surface area contributed by atoms with Gasteiger partial charge in [0.1, 0.15) is 10.7 Å². The molecule has 2 aromatic rings. The van der Waals surface area contributed by atoms with Crippen molar-refractivity contribution in [3.8, 4) is 5.88 Å². The van der Waals surface area contributed by atoms with Crippen LogP contribution < -0.4 is 15.4 Å². The summed E-state index contributed by atoms with van der Waals surface area (Å²) in [6.45, 7) is 3.35. The minimum atomic E-state index is -2.60. The first-order valence-corrected chi connectivity index (χ1v) is 9.54. The highest BCUT2D eigenvalue weighted by molar-refractivity contribution is 6.32. The van der Waals surface area contributed by atoms with E-state index in [2.05, 4.69) is 25.7 Å². The highest BCUT2D eigenvalue weighted by Crippen LogP contribution is 2.35. The molecule has 0 aromatic carbocycles. The van der Waals surface area contributed by atoms with Crippen LogP contribution in [0, 0.1) is 6.92 Å². The smallest absolute Gasteiger partial charge is 0.258 e. The number of aromatic nitrogens is 4. The zero-order valence-electron chi connectivity index (χ0n) is 15.3. The first-order valence-electron chi connectivity index (χ1n) is 9.17. The molecule has 152 valence electrons. The molecule has 0 spiro atoms. The average molecular weight is 415 g/mol. The van der Waals surface area contributed by atoms with Crippen molar-refractivity contribution >= 4 is 29.1 Å². The number of nitrogens with one attached hydrogen (secondary N) is 2. The second kappa shape index (κ2) is 8.04. The zero-order valence-corrected chi connectivity index (χ0v) is 16.0. The third-order valence-electron chi connectivity index (χ3n) is 4.93. The Morgan fingerprint density at radius 2 is 2.04 bits per heavy atom. The molecule has 2 aliphatic rings. The maximum atomic E-state index is 13.4. The van der Waals surface area contributed by atoms with Crippen molar-refractivity contribution in [1.29, 1.82) is 0 Å². The van der Waals surface area contributed by atoms with E-state index in [4.69, 9.17) is 21.1 Å². The molecule has 4 rings (SSSR count). The lowest BCUT2D eigenvalue weighted by Gasteiger charge is -2.23. The lowest BCUT2D eigenvalue weighted by Crippen LogP contribution is -2.30. The molecule has 1 unspecified atom stereocenters. The topological polar surface area (TPSA) is 86.1 Å². The Balaban J connectivity index is 1.71. The summed E-state index contributed by atoms with van der Waals surface area (Å²) in [5.74, 6) is 0.725. The molecule has 0 aliphatic carbocycles. The highest BCUT2D eigenvalue weighted by Gasteiger charge is 2.27. The number of hydrogen-bond donors (Lipinski definition) is 2. The molecule has 2 bridgehead atoms. The largest absolute Gasteiger partial charge is 0.475 e. The molecular weight excluding hydrogens is 394 g/mol. The number of rotatable bonds is 2. The molecule has 4 heterocycles. The van der Waals surface area contributed by atoms with Crippen molar-refractivity contribution in [2.75, 3.05) is 30.5 Å². The van der Waals surface area contributed by atoms with Gasteiger partial charge in [0, 0.05) is 19.6 Å². The van der Waals surface area contributed by atoms with Gasteiger partial charge in [-0.2, -0.15) is 4.98 Å². The summed E-state index contributed by atoms with van der Waals surface area (Å²) in [5, 5.41) is 10.6. The zero-order chi connectivity index (χ0) is 19.7. The monoisotopic (exact) mass is 414 g/mol. The van der Waals surface area contributed by atoms with E-state index in [1.165, 1.54) is 6.20 Å². The van der Waals surface area contributed by atoms with Gasteiger partial charge >= 0.3 is 0 Å². The van der Waals surface area contributed by atoms with Crippen LogP contribution in [0.4, 0.5) is 26.2 Å². The van der Waals surface area contributed by atoms with Crippen LogP contribution >= 0.6 is 11.6 Å². The van der Waals surface area contributed by atoms with Crippen LogP contribution in [0.25, 0.3) is 0 Å². The molecule has 1 atom stereocenters. The van der Waals surface area contributed by atoms with Gasteiger partial charge in [0.25, 0.3) is 12.3 Å². The van der Waals surface area contributed by atoms with Gasteiger partial charge in [0.15, 0.2) is 5.82 Å². The van der Waals surface area contributed by atoms with E-state index in [1.54, 1.807) is 0 Å².